The van der Waals surface area contributed by atoms with Crippen LogP contribution in [0.15, 0.2) is 42.5 Å². The van der Waals surface area contributed by atoms with Crippen molar-refractivity contribution in [3.8, 4) is 11.5 Å². The summed E-state index contributed by atoms with van der Waals surface area (Å²) in [6.07, 6.45) is 0. The molecule has 0 amide bonds. The molecular weight excluding hydrogens is 252 g/mol. The van der Waals surface area contributed by atoms with E-state index in [4.69, 9.17) is 20.6 Å². The van der Waals surface area contributed by atoms with E-state index >= 15 is 0 Å². The molecule has 0 aliphatic carbocycles. The first kappa shape index (κ1) is 13.9. The molecule has 2 rings (SSSR count). The predicted octanol–water partition coefficient (Wildman–Crippen LogP) is 2.87. The molecule has 0 spiro atoms. The molecule has 0 bridgehead atoms. The number of aryl methyl sites for hydroxylation is 1. The standard InChI is InChI=1S/C16H18N2O2/c1-11-3-8-15(14(9-11)16(17)18)20-10-12-4-6-13(19-2)7-5-12/h3-9H,10H2,1-2H3,(H3,17,18). The molecular formula is C16H18N2O2. The zero-order valence-corrected chi connectivity index (χ0v) is 11.6. The molecule has 2 aromatic carbocycles. The number of nitrogen functional groups attached to an aromatic ring is 1. The summed E-state index contributed by atoms with van der Waals surface area (Å²) in [6.45, 7) is 2.38. The zero-order valence-electron chi connectivity index (χ0n) is 11.6. The van der Waals surface area contributed by atoms with Crippen molar-refractivity contribution in [1.82, 2.24) is 0 Å². The number of methoxy groups -OCH3 is 1. The summed E-state index contributed by atoms with van der Waals surface area (Å²) in [5.41, 5.74) is 8.28. The Kier molecular flexibility index (Phi) is 4.25. The average molecular weight is 270 g/mol. The highest BCUT2D eigenvalue weighted by atomic mass is 16.5. The Morgan fingerprint density at radius 1 is 1.15 bits per heavy atom. The highest BCUT2D eigenvalue weighted by Gasteiger charge is 2.07. The molecule has 4 heteroatoms. The van der Waals surface area contributed by atoms with Gasteiger partial charge >= 0.3 is 0 Å². The first-order valence-electron chi connectivity index (χ1n) is 6.31. The number of nitrogens with two attached hydrogens (primary N) is 1. The van der Waals surface area contributed by atoms with Crippen LogP contribution in [0.2, 0.25) is 0 Å². The van der Waals surface area contributed by atoms with Gasteiger partial charge in [-0.3, -0.25) is 5.41 Å². The first-order valence-corrected chi connectivity index (χ1v) is 6.31. The second-order valence-corrected chi connectivity index (χ2v) is 4.55. The summed E-state index contributed by atoms with van der Waals surface area (Å²) < 4.78 is 10.9. The Hall–Kier alpha value is -2.49. The molecule has 0 atom stereocenters. The molecule has 0 saturated heterocycles. The molecule has 0 saturated carbocycles. The minimum atomic E-state index is 0.0124. The fraction of sp³-hybridized carbons (Fsp3) is 0.188. The number of amidine groups is 1. The highest BCUT2D eigenvalue weighted by Crippen LogP contribution is 2.21. The second kappa shape index (κ2) is 6.10. The molecule has 20 heavy (non-hydrogen) atoms. The quantitative estimate of drug-likeness (QED) is 0.648. The van der Waals surface area contributed by atoms with E-state index in [1.165, 1.54) is 0 Å². The Morgan fingerprint density at radius 2 is 1.85 bits per heavy atom. The minimum absolute atomic E-state index is 0.0124. The molecule has 104 valence electrons. The van der Waals surface area contributed by atoms with E-state index in [2.05, 4.69) is 0 Å². The molecule has 4 nitrogen and oxygen atoms in total. The number of rotatable bonds is 5. The first-order chi connectivity index (χ1) is 9.60. The van der Waals surface area contributed by atoms with Crippen molar-refractivity contribution >= 4 is 5.84 Å². The molecule has 0 radical (unpaired) electrons. The van der Waals surface area contributed by atoms with Gasteiger partial charge in [-0.1, -0.05) is 23.8 Å². The summed E-state index contributed by atoms with van der Waals surface area (Å²) in [7, 11) is 1.64. The van der Waals surface area contributed by atoms with E-state index in [0.717, 1.165) is 16.9 Å². The Morgan fingerprint density at radius 3 is 2.45 bits per heavy atom. The normalized spacial score (nSPS) is 10.1. The molecule has 0 heterocycles. The van der Waals surface area contributed by atoms with Crippen molar-refractivity contribution in [1.29, 1.82) is 5.41 Å². The molecule has 0 aliphatic rings. The fourth-order valence-corrected chi connectivity index (χ4v) is 1.86. The van der Waals surface area contributed by atoms with E-state index in [-0.39, 0.29) is 5.84 Å². The number of benzene rings is 2. The third-order valence-corrected chi connectivity index (χ3v) is 2.98. The summed E-state index contributed by atoms with van der Waals surface area (Å²) in [4.78, 5) is 0. The summed E-state index contributed by atoms with van der Waals surface area (Å²) in [5, 5.41) is 7.59. The van der Waals surface area contributed by atoms with Gasteiger partial charge in [0.25, 0.3) is 0 Å². The lowest BCUT2D eigenvalue weighted by molar-refractivity contribution is 0.305. The van der Waals surface area contributed by atoms with Gasteiger partial charge in [0.1, 0.15) is 23.9 Å². The topological polar surface area (TPSA) is 68.3 Å². The van der Waals surface area contributed by atoms with Crippen LogP contribution < -0.4 is 15.2 Å². The van der Waals surface area contributed by atoms with Crippen LogP contribution in [0.25, 0.3) is 0 Å². The van der Waals surface area contributed by atoms with Gasteiger partial charge in [-0.15, -0.1) is 0 Å². The predicted molar refractivity (Wildman–Crippen MR) is 79.5 cm³/mol. The molecule has 3 N–H and O–H groups in total. The van der Waals surface area contributed by atoms with Crippen LogP contribution in [-0.4, -0.2) is 12.9 Å². The fourth-order valence-electron chi connectivity index (χ4n) is 1.86. The molecule has 0 fully saturated rings. The lowest BCUT2D eigenvalue weighted by atomic mass is 10.1. The van der Waals surface area contributed by atoms with Gasteiger partial charge in [-0.2, -0.15) is 0 Å². The number of hydrogen-bond acceptors (Lipinski definition) is 3. The third kappa shape index (κ3) is 3.29. The Balaban J connectivity index is 2.12. The van der Waals surface area contributed by atoms with Crippen molar-refractivity contribution < 1.29 is 9.47 Å². The maximum Gasteiger partial charge on any atom is 0.130 e. The van der Waals surface area contributed by atoms with Crippen molar-refractivity contribution in [3.05, 3.63) is 59.2 Å². The number of ether oxygens (including phenoxy) is 2. The van der Waals surface area contributed by atoms with Crippen molar-refractivity contribution in [3.63, 3.8) is 0 Å². The van der Waals surface area contributed by atoms with Crippen LogP contribution in [-0.2, 0) is 6.61 Å². The van der Waals surface area contributed by atoms with Gasteiger partial charge in [-0.05, 0) is 36.8 Å². The number of nitrogens with one attached hydrogen (secondary N) is 1. The zero-order chi connectivity index (χ0) is 14.5. The maximum absolute atomic E-state index is 7.59. The SMILES string of the molecule is COc1ccc(COc2ccc(C)cc2C(=N)N)cc1. The summed E-state index contributed by atoms with van der Waals surface area (Å²) in [5.74, 6) is 1.45. The van der Waals surface area contributed by atoms with E-state index in [1.54, 1.807) is 7.11 Å². The van der Waals surface area contributed by atoms with Gasteiger partial charge in [0.2, 0.25) is 0 Å². The van der Waals surface area contributed by atoms with Gasteiger partial charge in [-0.25, -0.2) is 0 Å². The van der Waals surface area contributed by atoms with Crippen molar-refractivity contribution in [2.75, 3.05) is 7.11 Å². The van der Waals surface area contributed by atoms with Crippen molar-refractivity contribution in [2.45, 2.75) is 13.5 Å². The van der Waals surface area contributed by atoms with Crippen LogP contribution in [0.3, 0.4) is 0 Å². The Labute approximate surface area is 118 Å². The Bertz CT molecular complexity index is 606. The van der Waals surface area contributed by atoms with E-state index in [0.29, 0.717) is 17.9 Å². The van der Waals surface area contributed by atoms with Crippen LogP contribution in [0.4, 0.5) is 0 Å². The average Bonchev–Trinajstić information content (AvgIpc) is 2.46. The van der Waals surface area contributed by atoms with Gasteiger partial charge < -0.3 is 15.2 Å². The largest absolute Gasteiger partial charge is 0.497 e. The summed E-state index contributed by atoms with van der Waals surface area (Å²) >= 11 is 0. The third-order valence-electron chi connectivity index (χ3n) is 2.98. The monoisotopic (exact) mass is 270 g/mol. The van der Waals surface area contributed by atoms with Crippen LogP contribution >= 0.6 is 0 Å². The highest BCUT2D eigenvalue weighted by molar-refractivity contribution is 5.97. The van der Waals surface area contributed by atoms with E-state index < -0.39 is 0 Å². The number of hydrogen-bond donors (Lipinski definition) is 2. The van der Waals surface area contributed by atoms with E-state index in [1.807, 2.05) is 49.4 Å². The minimum Gasteiger partial charge on any atom is -0.497 e. The molecule has 2 aromatic rings. The molecule has 0 aromatic heterocycles. The van der Waals surface area contributed by atoms with Crippen molar-refractivity contribution in [2.24, 2.45) is 5.73 Å². The molecule has 0 aliphatic heterocycles. The lowest BCUT2D eigenvalue weighted by Crippen LogP contribution is -2.13. The van der Waals surface area contributed by atoms with Gasteiger partial charge in [0.15, 0.2) is 0 Å². The summed E-state index contributed by atoms with van der Waals surface area (Å²) in [6, 6.07) is 13.3. The van der Waals surface area contributed by atoms with Gasteiger partial charge in [0.05, 0.1) is 12.7 Å². The molecule has 0 unspecified atom stereocenters. The van der Waals surface area contributed by atoms with Crippen LogP contribution in [0.5, 0.6) is 11.5 Å². The second-order valence-electron chi connectivity index (χ2n) is 4.55. The maximum atomic E-state index is 7.59. The lowest BCUT2D eigenvalue weighted by Gasteiger charge is -2.11. The van der Waals surface area contributed by atoms with Gasteiger partial charge in [0, 0.05) is 0 Å². The van der Waals surface area contributed by atoms with E-state index in [9.17, 15) is 0 Å². The van der Waals surface area contributed by atoms with Crippen LogP contribution in [0.1, 0.15) is 16.7 Å². The van der Waals surface area contributed by atoms with Crippen LogP contribution in [0, 0.1) is 12.3 Å². The smallest absolute Gasteiger partial charge is 0.130 e.